The van der Waals surface area contributed by atoms with Crippen molar-refractivity contribution in [3.8, 4) is 0 Å². The van der Waals surface area contributed by atoms with E-state index in [0.717, 1.165) is 18.6 Å². The lowest BCUT2D eigenvalue weighted by molar-refractivity contribution is -0.117. The van der Waals surface area contributed by atoms with Crippen molar-refractivity contribution in [2.24, 2.45) is 0 Å². The summed E-state index contributed by atoms with van der Waals surface area (Å²) in [6.07, 6.45) is 1.13. The lowest BCUT2D eigenvalue weighted by Crippen LogP contribution is -2.46. The molecule has 1 heterocycles. The van der Waals surface area contributed by atoms with E-state index in [1.54, 1.807) is 30.0 Å². The monoisotopic (exact) mass is 300 g/mol. The summed E-state index contributed by atoms with van der Waals surface area (Å²) in [7, 11) is -3.35. The van der Waals surface area contributed by atoms with Gasteiger partial charge in [-0.1, -0.05) is 12.1 Å². The predicted octanol–water partition coefficient (Wildman–Crippen LogP) is 0.734. The van der Waals surface area contributed by atoms with Crippen LogP contribution >= 0.6 is 11.8 Å². The van der Waals surface area contributed by atoms with Gasteiger partial charge < -0.3 is 10.6 Å². The fourth-order valence-electron chi connectivity index (χ4n) is 1.85. The maximum absolute atomic E-state index is 12.1. The number of carbonyl (C=O) groups is 1. The predicted molar refractivity (Wildman–Crippen MR) is 77.3 cm³/mol. The molecule has 5 nitrogen and oxygen atoms in total. The summed E-state index contributed by atoms with van der Waals surface area (Å²) in [6, 6.07) is 6.16. The molecule has 0 saturated carbocycles. The van der Waals surface area contributed by atoms with Gasteiger partial charge >= 0.3 is 0 Å². The number of benzene rings is 1. The third-order valence-corrected chi connectivity index (χ3v) is 5.00. The quantitative estimate of drug-likeness (QED) is 0.861. The molecule has 2 N–H and O–H groups in total. The molecule has 1 atom stereocenters. The number of amides is 1. The van der Waals surface area contributed by atoms with E-state index in [0.29, 0.717) is 11.4 Å². The average Bonchev–Trinajstić information content (AvgIpc) is 2.39. The fraction of sp³-hybridized carbons (Fsp3) is 0.417. The van der Waals surface area contributed by atoms with Crippen molar-refractivity contribution in [1.82, 2.24) is 5.32 Å². The molecule has 0 radical (unpaired) electrons. The van der Waals surface area contributed by atoms with Gasteiger partial charge in [0.05, 0.1) is 16.6 Å². The molecule has 1 aromatic carbocycles. The van der Waals surface area contributed by atoms with E-state index >= 15 is 0 Å². The number of anilines is 1. The van der Waals surface area contributed by atoms with Crippen LogP contribution < -0.4 is 10.6 Å². The van der Waals surface area contributed by atoms with Gasteiger partial charge in [-0.15, -0.1) is 0 Å². The van der Waals surface area contributed by atoms with Gasteiger partial charge in [-0.3, -0.25) is 4.79 Å². The Hall–Kier alpha value is -1.05. The number of thioether (sulfide) groups is 1. The third kappa shape index (κ3) is 3.71. The summed E-state index contributed by atoms with van der Waals surface area (Å²) >= 11 is 1.71. The van der Waals surface area contributed by atoms with Crippen LogP contribution in [0.5, 0.6) is 0 Å². The van der Waals surface area contributed by atoms with E-state index in [-0.39, 0.29) is 16.8 Å². The third-order valence-electron chi connectivity index (χ3n) is 2.78. The molecule has 0 aliphatic carbocycles. The van der Waals surface area contributed by atoms with Crippen molar-refractivity contribution in [2.75, 3.05) is 29.6 Å². The summed E-state index contributed by atoms with van der Waals surface area (Å²) < 4.78 is 23.3. The highest BCUT2D eigenvalue weighted by Gasteiger charge is 2.22. The summed E-state index contributed by atoms with van der Waals surface area (Å²) in [4.78, 5) is 12.2. The molecule has 1 fully saturated rings. The average molecular weight is 300 g/mol. The van der Waals surface area contributed by atoms with Crippen molar-refractivity contribution in [2.45, 2.75) is 10.9 Å². The zero-order chi connectivity index (χ0) is 13.9. The highest BCUT2D eigenvalue weighted by atomic mass is 32.2. The Bertz CT molecular complexity index is 566. The van der Waals surface area contributed by atoms with Crippen LogP contribution in [0.1, 0.15) is 0 Å². The second-order valence-electron chi connectivity index (χ2n) is 4.34. The van der Waals surface area contributed by atoms with Crippen molar-refractivity contribution in [1.29, 1.82) is 0 Å². The van der Waals surface area contributed by atoms with E-state index in [2.05, 4.69) is 10.6 Å². The highest BCUT2D eigenvalue weighted by molar-refractivity contribution is 7.99. The highest BCUT2D eigenvalue weighted by Crippen LogP contribution is 2.21. The lowest BCUT2D eigenvalue weighted by atomic mass is 10.2. The van der Waals surface area contributed by atoms with Gasteiger partial charge in [-0.25, -0.2) is 8.42 Å². The Morgan fingerprint density at radius 2 is 2.16 bits per heavy atom. The number of para-hydroxylation sites is 1. The van der Waals surface area contributed by atoms with Crippen molar-refractivity contribution in [3.63, 3.8) is 0 Å². The molecule has 0 bridgehead atoms. The van der Waals surface area contributed by atoms with Crippen molar-refractivity contribution in [3.05, 3.63) is 24.3 Å². The molecular weight excluding hydrogens is 284 g/mol. The molecule has 104 valence electrons. The number of sulfone groups is 1. The van der Waals surface area contributed by atoms with Crippen LogP contribution in [-0.4, -0.2) is 44.7 Å². The second-order valence-corrected chi connectivity index (χ2v) is 7.47. The Morgan fingerprint density at radius 1 is 1.42 bits per heavy atom. The van der Waals surface area contributed by atoms with Gasteiger partial charge in [0.1, 0.15) is 0 Å². The topological polar surface area (TPSA) is 75.3 Å². The first-order valence-corrected chi connectivity index (χ1v) is 8.94. The van der Waals surface area contributed by atoms with E-state index in [4.69, 9.17) is 0 Å². The Kier molecular flexibility index (Phi) is 4.49. The van der Waals surface area contributed by atoms with Gasteiger partial charge in [0.15, 0.2) is 9.84 Å². The molecule has 1 aromatic rings. The van der Waals surface area contributed by atoms with Crippen LogP contribution in [0.4, 0.5) is 5.69 Å². The van der Waals surface area contributed by atoms with E-state index in [1.165, 1.54) is 6.07 Å². The van der Waals surface area contributed by atoms with E-state index in [9.17, 15) is 13.2 Å². The normalized spacial score (nSPS) is 19.9. The summed E-state index contributed by atoms with van der Waals surface area (Å²) in [5.74, 6) is 1.50. The van der Waals surface area contributed by atoms with Gasteiger partial charge in [0.25, 0.3) is 0 Å². The Balaban J connectivity index is 2.17. The largest absolute Gasteiger partial charge is 0.324 e. The molecule has 1 aliphatic heterocycles. The first-order valence-electron chi connectivity index (χ1n) is 5.89. The fourth-order valence-corrected chi connectivity index (χ4v) is 3.62. The molecule has 1 amide bonds. The molecule has 0 aromatic heterocycles. The summed E-state index contributed by atoms with van der Waals surface area (Å²) in [5.41, 5.74) is 0.340. The minimum Gasteiger partial charge on any atom is -0.324 e. The summed E-state index contributed by atoms with van der Waals surface area (Å²) in [6.45, 7) is 0.788. The van der Waals surface area contributed by atoms with Gasteiger partial charge in [0.2, 0.25) is 5.91 Å². The number of hydrogen-bond acceptors (Lipinski definition) is 5. The zero-order valence-corrected chi connectivity index (χ0v) is 12.2. The van der Waals surface area contributed by atoms with E-state index < -0.39 is 9.84 Å². The van der Waals surface area contributed by atoms with Crippen LogP contribution in [0, 0.1) is 0 Å². The molecule has 0 spiro atoms. The minimum atomic E-state index is -3.35. The first kappa shape index (κ1) is 14.4. The molecule has 1 saturated heterocycles. The molecule has 7 heteroatoms. The number of carbonyl (C=O) groups excluding carboxylic acids is 1. The van der Waals surface area contributed by atoms with Crippen LogP contribution in [0.3, 0.4) is 0 Å². The standard InChI is InChI=1S/C12H16N2O3S2/c1-19(16,17)11-5-3-2-4-9(11)14-12(15)10-8-18-7-6-13-10/h2-5,10,13H,6-8H2,1H3,(H,14,15). The maximum atomic E-state index is 12.1. The minimum absolute atomic E-state index is 0.145. The van der Waals surface area contributed by atoms with Crippen LogP contribution in [0.2, 0.25) is 0 Å². The molecule has 1 aliphatic rings. The molecule has 1 unspecified atom stereocenters. The maximum Gasteiger partial charge on any atom is 0.242 e. The molecule has 19 heavy (non-hydrogen) atoms. The van der Waals surface area contributed by atoms with Gasteiger partial charge in [-0.05, 0) is 12.1 Å². The zero-order valence-electron chi connectivity index (χ0n) is 10.5. The second kappa shape index (κ2) is 5.94. The van der Waals surface area contributed by atoms with Crippen LogP contribution in [0.25, 0.3) is 0 Å². The van der Waals surface area contributed by atoms with Crippen molar-refractivity contribution >= 4 is 33.2 Å². The van der Waals surface area contributed by atoms with Gasteiger partial charge in [-0.2, -0.15) is 11.8 Å². The van der Waals surface area contributed by atoms with Crippen LogP contribution in [-0.2, 0) is 14.6 Å². The smallest absolute Gasteiger partial charge is 0.242 e. The number of nitrogens with one attached hydrogen (secondary N) is 2. The molecular formula is C12H16N2O3S2. The SMILES string of the molecule is CS(=O)(=O)c1ccccc1NC(=O)C1CSCCN1. The van der Waals surface area contributed by atoms with Gasteiger partial charge in [0, 0.05) is 24.3 Å². The first-order chi connectivity index (χ1) is 8.98. The van der Waals surface area contributed by atoms with Crippen molar-refractivity contribution < 1.29 is 13.2 Å². The lowest BCUT2D eigenvalue weighted by Gasteiger charge is -2.22. The van der Waals surface area contributed by atoms with Crippen LogP contribution in [0.15, 0.2) is 29.2 Å². The Morgan fingerprint density at radius 3 is 2.79 bits per heavy atom. The molecule has 2 rings (SSSR count). The number of rotatable bonds is 3. The Labute approximate surface area is 117 Å². The number of hydrogen-bond donors (Lipinski definition) is 2. The summed E-state index contributed by atoms with van der Waals surface area (Å²) in [5, 5.41) is 5.81. The van der Waals surface area contributed by atoms with E-state index in [1.807, 2.05) is 0 Å².